The largest absolute Gasteiger partial charge is 0.597 e. The van der Waals surface area contributed by atoms with E-state index >= 15 is 0 Å². The van der Waals surface area contributed by atoms with Gasteiger partial charge in [0.2, 0.25) is 10.0 Å². The fraction of sp³-hybridized carbons (Fsp3) is 0.462. The molecule has 1 heterocycles. The summed E-state index contributed by atoms with van der Waals surface area (Å²) < 4.78 is 26.4. The van der Waals surface area contributed by atoms with Gasteiger partial charge in [0.1, 0.15) is 7.11 Å². The summed E-state index contributed by atoms with van der Waals surface area (Å²) in [4.78, 5) is 17.9. The standard InChI is InChI=1S/C13H17ClN4O5S/c1-23-15-18(20)9-13(19)16-7-2-8-17(10-16)24(21,22)12-5-3-11(14)4-6-12/h3-6H,2,7-10H2,1H3/b18-15+. The molecule has 132 valence electrons. The van der Waals surface area contributed by atoms with Crippen molar-refractivity contribution in [1.29, 1.82) is 0 Å². The summed E-state index contributed by atoms with van der Waals surface area (Å²) in [5.74, 6) is -0.526. The van der Waals surface area contributed by atoms with Gasteiger partial charge in [-0.15, -0.1) is 0 Å². The highest BCUT2D eigenvalue weighted by Gasteiger charge is 2.32. The van der Waals surface area contributed by atoms with Gasteiger partial charge in [-0.2, -0.15) is 4.31 Å². The van der Waals surface area contributed by atoms with Gasteiger partial charge < -0.3 is 14.9 Å². The Kier molecular flexibility index (Phi) is 5.97. The maximum absolute atomic E-state index is 12.6. The zero-order valence-electron chi connectivity index (χ0n) is 13.0. The van der Waals surface area contributed by atoms with E-state index in [9.17, 15) is 18.4 Å². The molecule has 0 aromatic heterocycles. The van der Waals surface area contributed by atoms with Gasteiger partial charge >= 0.3 is 0 Å². The molecule has 0 saturated carbocycles. The summed E-state index contributed by atoms with van der Waals surface area (Å²) in [5, 5.41) is 14.8. The third kappa shape index (κ3) is 4.34. The van der Waals surface area contributed by atoms with Gasteiger partial charge in [-0.3, -0.25) is 4.79 Å². The highest BCUT2D eigenvalue weighted by atomic mass is 35.5. The van der Waals surface area contributed by atoms with Crippen LogP contribution in [0.15, 0.2) is 34.4 Å². The zero-order chi connectivity index (χ0) is 17.7. The maximum Gasteiger partial charge on any atom is 0.293 e. The van der Waals surface area contributed by atoms with E-state index in [4.69, 9.17) is 11.6 Å². The molecular weight excluding hydrogens is 360 g/mol. The average Bonchev–Trinajstić information content (AvgIpc) is 2.55. The van der Waals surface area contributed by atoms with Crippen molar-refractivity contribution in [3.8, 4) is 0 Å². The summed E-state index contributed by atoms with van der Waals surface area (Å²) in [6.07, 6.45) is 0.471. The number of nitrogens with zero attached hydrogens (tertiary/aromatic N) is 4. The fourth-order valence-electron chi connectivity index (χ4n) is 2.26. The number of hydrogen-bond acceptors (Lipinski definition) is 6. The molecule has 1 aromatic carbocycles. The molecule has 0 radical (unpaired) electrons. The molecule has 0 atom stereocenters. The van der Waals surface area contributed by atoms with Crippen LogP contribution < -0.4 is 0 Å². The first kappa shape index (κ1) is 18.4. The van der Waals surface area contributed by atoms with E-state index in [0.717, 1.165) is 0 Å². The van der Waals surface area contributed by atoms with Crippen molar-refractivity contribution in [3.05, 3.63) is 34.5 Å². The summed E-state index contributed by atoms with van der Waals surface area (Å²) in [7, 11) is -2.55. The van der Waals surface area contributed by atoms with Gasteiger partial charge in [-0.1, -0.05) is 11.6 Å². The number of rotatable bonds is 5. The lowest BCUT2D eigenvalue weighted by atomic mass is 10.3. The Morgan fingerprint density at radius 3 is 2.67 bits per heavy atom. The van der Waals surface area contributed by atoms with Crippen LogP contribution in [-0.4, -0.2) is 61.8 Å². The van der Waals surface area contributed by atoms with Crippen LogP contribution >= 0.6 is 11.6 Å². The van der Waals surface area contributed by atoms with Gasteiger partial charge in [0.05, 0.1) is 11.6 Å². The fourth-order valence-corrected chi connectivity index (χ4v) is 3.83. The molecule has 1 aliphatic rings. The van der Waals surface area contributed by atoms with Crippen molar-refractivity contribution in [1.82, 2.24) is 9.21 Å². The summed E-state index contributed by atoms with van der Waals surface area (Å²) >= 11 is 5.77. The molecule has 9 nitrogen and oxygen atoms in total. The number of amides is 1. The maximum atomic E-state index is 12.6. The summed E-state index contributed by atoms with van der Waals surface area (Å²) in [6, 6.07) is 5.80. The Labute approximate surface area is 144 Å². The van der Waals surface area contributed by atoms with Crippen LogP contribution in [0, 0.1) is 5.21 Å². The van der Waals surface area contributed by atoms with E-state index in [1.165, 1.54) is 40.6 Å². The monoisotopic (exact) mass is 376 g/mol. The van der Waals surface area contributed by atoms with Crippen LogP contribution in [0.1, 0.15) is 6.42 Å². The second kappa shape index (κ2) is 7.77. The minimum atomic E-state index is -3.74. The molecule has 0 spiro atoms. The predicted octanol–water partition coefficient (Wildman–Crippen LogP) is 1.04. The van der Waals surface area contributed by atoms with Crippen molar-refractivity contribution >= 4 is 27.5 Å². The molecule has 0 N–H and O–H groups in total. The van der Waals surface area contributed by atoms with Crippen LogP contribution in [0.4, 0.5) is 0 Å². The topological polar surface area (TPSA) is 105 Å². The Bertz CT molecular complexity index is 722. The van der Waals surface area contributed by atoms with Gasteiger partial charge in [0.25, 0.3) is 12.5 Å². The molecule has 1 aromatic rings. The van der Waals surface area contributed by atoms with Crippen molar-refractivity contribution < 1.29 is 22.9 Å². The Hall–Kier alpha value is -1.91. The number of hydrogen-bond donors (Lipinski definition) is 0. The lowest BCUT2D eigenvalue weighted by molar-refractivity contribution is -0.547. The predicted molar refractivity (Wildman–Crippen MR) is 84.5 cm³/mol. The van der Waals surface area contributed by atoms with Crippen LogP contribution in [0.2, 0.25) is 5.02 Å². The van der Waals surface area contributed by atoms with Crippen molar-refractivity contribution in [2.45, 2.75) is 11.3 Å². The van der Waals surface area contributed by atoms with Crippen LogP contribution in [0.5, 0.6) is 0 Å². The van der Waals surface area contributed by atoms with E-state index in [-0.39, 0.29) is 23.0 Å². The Morgan fingerprint density at radius 1 is 1.38 bits per heavy atom. The molecule has 1 fully saturated rings. The molecule has 0 aliphatic carbocycles. The molecule has 11 heteroatoms. The minimum Gasteiger partial charge on any atom is -0.597 e. The van der Waals surface area contributed by atoms with Crippen LogP contribution in [0.3, 0.4) is 0 Å². The number of hydroxylamine groups is 1. The highest BCUT2D eigenvalue weighted by molar-refractivity contribution is 7.89. The highest BCUT2D eigenvalue weighted by Crippen LogP contribution is 2.21. The summed E-state index contributed by atoms with van der Waals surface area (Å²) in [6.45, 7) is -0.00213. The van der Waals surface area contributed by atoms with E-state index in [1.54, 1.807) is 0 Å². The number of carbonyl (C=O) groups is 1. The first-order valence-electron chi connectivity index (χ1n) is 7.07. The number of benzene rings is 1. The smallest absolute Gasteiger partial charge is 0.293 e. The van der Waals surface area contributed by atoms with Gasteiger partial charge in [0.15, 0.2) is 5.28 Å². The average molecular weight is 377 g/mol. The number of sulfonamides is 1. The second-order valence-electron chi connectivity index (χ2n) is 5.06. The minimum absolute atomic E-state index is 0.0982. The quantitative estimate of drug-likeness (QED) is 0.433. The van der Waals surface area contributed by atoms with Gasteiger partial charge in [0, 0.05) is 18.1 Å². The third-order valence-electron chi connectivity index (χ3n) is 3.41. The molecule has 0 unspecified atom stereocenters. The molecular formula is C13H17ClN4O5S. The Balaban J connectivity index is 2.11. The lowest BCUT2D eigenvalue weighted by Crippen LogP contribution is -2.50. The first-order chi connectivity index (χ1) is 11.3. The molecule has 2 rings (SSSR count). The third-order valence-corrected chi connectivity index (χ3v) is 5.51. The second-order valence-corrected chi connectivity index (χ2v) is 7.44. The molecule has 1 aliphatic heterocycles. The van der Waals surface area contributed by atoms with E-state index < -0.39 is 22.5 Å². The lowest BCUT2D eigenvalue weighted by Gasteiger charge is -2.34. The van der Waals surface area contributed by atoms with Crippen molar-refractivity contribution in [3.63, 3.8) is 0 Å². The SMILES string of the molecule is CO/N=[N+](/[O-])CC(=O)N1CCCN(S(=O)(=O)c2ccc(Cl)cc2)C1. The Morgan fingerprint density at radius 2 is 2.04 bits per heavy atom. The summed E-state index contributed by atoms with van der Waals surface area (Å²) in [5.41, 5.74) is 0. The first-order valence-corrected chi connectivity index (χ1v) is 8.88. The van der Waals surface area contributed by atoms with E-state index in [1.807, 2.05) is 0 Å². The number of halogens is 1. The normalized spacial score (nSPS) is 16.9. The molecule has 1 saturated heterocycles. The van der Waals surface area contributed by atoms with E-state index in [2.05, 4.69) is 10.1 Å². The number of carbonyl (C=O) groups excluding carboxylic acids is 1. The van der Waals surface area contributed by atoms with E-state index in [0.29, 0.717) is 18.0 Å². The van der Waals surface area contributed by atoms with Crippen LogP contribution in [-0.2, 0) is 19.7 Å². The van der Waals surface area contributed by atoms with Crippen LogP contribution in [0.25, 0.3) is 0 Å². The van der Waals surface area contributed by atoms with Gasteiger partial charge in [-0.25, -0.2) is 8.42 Å². The zero-order valence-corrected chi connectivity index (χ0v) is 14.5. The van der Waals surface area contributed by atoms with Gasteiger partial charge in [-0.05, 0) is 35.5 Å². The molecule has 1 amide bonds. The van der Waals surface area contributed by atoms with Crippen molar-refractivity contribution in [2.24, 2.45) is 5.28 Å². The molecule has 0 bridgehead atoms. The van der Waals surface area contributed by atoms with Crippen molar-refractivity contribution in [2.75, 3.05) is 33.4 Å². The molecule has 24 heavy (non-hydrogen) atoms.